The molecule has 0 unspecified atom stereocenters. The van der Waals surface area contributed by atoms with Crippen molar-refractivity contribution >= 4 is 10.8 Å². The molecule has 2 aromatic carbocycles. The number of hydrogen-bond donors (Lipinski definition) is 2. The van der Waals surface area contributed by atoms with Crippen molar-refractivity contribution in [3.8, 4) is 11.3 Å². The molecule has 0 bridgehead atoms. The topological polar surface area (TPSA) is 40.7 Å². The highest BCUT2D eigenvalue weighted by Crippen LogP contribution is 2.26. The summed E-state index contributed by atoms with van der Waals surface area (Å²) in [6, 6.07) is 15.4. The Hall–Kier alpha value is -2.13. The van der Waals surface area contributed by atoms with Crippen LogP contribution in [0, 0.1) is 0 Å². The molecular weight excluding hydrogens is 246 g/mol. The second-order valence-corrected chi connectivity index (χ2v) is 5.39. The molecule has 3 heteroatoms. The van der Waals surface area contributed by atoms with E-state index in [4.69, 9.17) is 0 Å². The molecule has 1 aromatic heterocycles. The van der Waals surface area contributed by atoms with Gasteiger partial charge in [0.05, 0.1) is 17.9 Å². The molecule has 3 aromatic rings. The zero-order valence-electron chi connectivity index (χ0n) is 11.3. The fourth-order valence-electron chi connectivity index (χ4n) is 2.94. The van der Waals surface area contributed by atoms with E-state index in [1.165, 1.54) is 29.2 Å². The van der Waals surface area contributed by atoms with Crippen molar-refractivity contribution in [1.29, 1.82) is 0 Å². The summed E-state index contributed by atoms with van der Waals surface area (Å²) in [7, 11) is 0. The maximum atomic E-state index is 4.54. The molecule has 0 spiro atoms. The molecule has 0 saturated carbocycles. The van der Waals surface area contributed by atoms with E-state index in [2.05, 4.69) is 57.7 Å². The minimum absolute atomic E-state index is 0.393. The molecule has 4 rings (SSSR count). The van der Waals surface area contributed by atoms with Crippen LogP contribution in [0.3, 0.4) is 0 Å². The predicted octanol–water partition coefficient (Wildman–Crippen LogP) is 3.65. The van der Waals surface area contributed by atoms with Gasteiger partial charge in [0, 0.05) is 5.56 Å². The van der Waals surface area contributed by atoms with Crippen molar-refractivity contribution in [1.82, 2.24) is 15.3 Å². The van der Waals surface area contributed by atoms with Gasteiger partial charge in [0.2, 0.25) is 0 Å². The van der Waals surface area contributed by atoms with E-state index in [1.54, 1.807) is 0 Å². The molecule has 1 aliphatic rings. The van der Waals surface area contributed by atoms with Crippen LogP contribution in [-0.2, 0) is 0 Å². The monoisotopic (exact) mass is 263 g/mol. The lowest BCUT2D eigenvalue weighted by Gasteiger charge is -2.05. The van der Waals surface area contributed by atoms with Crippen LogP contribution in [0.4, 0.5) is 0 Å². The van der Waals surface area contributed by atoms with Gasteiger partial charge < -0.3 is 10.3 Å². The lowest BCUT2D eigenvalue weighted by atomic mass is 10.1. The van der Waals surface area contributed by atoms with Gasteiger partial charge in [0.15, 0.2) is 0 Å². The molecule has 1 saturated heterocycles. The van der Waals surface area contributed by atoms with Crippen LogP contribution in [0.1, 0.15) is 24.7 Å². The third-order valence-corrected chi connectivity index (χ3v) is 4.05. The molecule has 1 atom stereocenters. The SMILES string of the molecule is c1ccc2cc(-c3cnc([C@@H]4CCCN4)[nH]3)ccc2c1. The number of H-pyrrole nitrogens is 1. The zero-order valence-corrected chi connectivity index (χ0v) is 11.3. The Bertz CT molecular complexity index is 739. The Labute approximate surface area is 118 Å². The number of nitrogens with zero attached hydrogens (tertiary/aromatic N) is 1. The number of aromatic nitrogens is 2. The first kappa shape index (κ1) is 11.7. The molecule has 2 N–H and O–H groups in total. The van der Waals surface area contributed by atoms with Crippen molar-refractivity contribution in [2.24, 2.45) is 0 Å². The first-order valence-electron chi connectivity index (χ1n) is 7.18. The van der Waals surface area contributed by atoms with Gasteiger partial charge >= 0.3 is 0 Å². The second kappa shape index (κ2) is 4.76. The largest absolute Gasteiger partial charge is 0.341 e. The Kier molecular flexibility index (Phi) is 2.78. The highest BCUT2D eigenvalue weighted by atomic mass is 15.0. The number of fused-ring (bicyclic) bond motifs is 1. The minimum atomic E-state index is 0.393. The maximum Gasteiger partial charge on any atom is 0.123 e. The zero-order chi connectivity index (χ0) is 13.4. The highest BCUT2D eigenvalue weighted by Gasteiger charge is 2.19. The van der Waals surface area contributed by atoms with Gasteiger partial charge in [-0.25, -0.2) is 4.98 Å². The van der Waals surface area contributed by atoms with Crippen LogP contribution in [0.2, 0.25) is 0 Å². The van der Waals surface area contributed by atoms with Crippen LogP contribution >= 0.6 is 0 Å². The first-order chi connectivity index (χ1) is 9.90. The number of aromatic amines is 1. The quantitative estimate of drug-likeness (QED) is 0.741. The van der Waals surface area contributed by atoms with Crippen LogP contribution in [0.25, 0.3) is 22.0 Å². The summed E-state index contributed by atoms with van der Waals surface area (Å²) < 4.78 is 0. The average Bonchev–Trinajstić information content (AvgIpc) is 3.17. The van der Waals surface area contributed by atoms with E-state index < -0.39 is 0 Å². The van der Waals surface area contributed by atoms with Gasteiger partial charge in [0.1, 0.15) is 5.82 Å². The van der Waals surface area contributed by atoms with Gasteiger partial charge in [-0.15, -0.1) is 0 Å². The number of rotatable bonds is 2. The molecule has 100 valence electrons. The normalized spacial score (nSPS) is 18.7. The van der Waals surface area contributed by atoms with Crippen LogP contribution in [0.15, 0.2) is 48.7 Å². The number of benzene rings is 2. The van der Waals surface area contributed by atoms with E-state index in [9.17, 15) is 0 Å². The fourth-order valence-corrected chi connectivity index (χ4v) is 2.94. The van der Waals surface area contributed by atoms with Gasteiger partial charge in [0.25, 0.3) is 0 Å². The van der Waals surface area contributed by atoms with Crippen LogP contribution in [0.5, 0.6) is 0 Å². The highest BCUT2D eigenvalue weighted by molar-refractivity contribution is 5.86. The lowest BCUT2D eigenvalue weighted by Crippen LogP contribution is -2.14. The van der Waals surface area contributed by atoms with E-state index in [0.29, 0.717) is 6.04 Å². The summed E-state index contributed by atoms with van der Waals surface area (Å²) in [5.41, 5.74) is 2.29. The van der Waals surface area contributed by atoms with Crippen LogP contribution in [-0.4, -0.2) is 16.5 Å². The molecular formula is C17H17N3. The third kappa shape index (κ3) is 2.00. The van der Waals surface area contributed by atoms with Gasteiger partial charge in [-0.05, 0) is 36.2 Å². The van der Waals surface area contributed by atoms with Crippen molar-refractivity contribution in [3.63, 3.8) is 0 Å². The summed E-state index contributed by atoms with van der Waals surface area (Å²) in [4.78, 5) is 8.00. The molecule has 1 fully saturated rings. The predicted molar refractivity (Wildman–Crippen MR) is 81.5 cm³/mol. The number of hydrogen-bond acceptors (Lipinski definition) is 2. The summed E-state index contributed by atoms with van der Waals surface area (Å²) in [5.74, 6) is 1.06. The van der Waals surface area contributed by atoms with Crippen molar-refractivity contribution in [3.05, 3.63) is 54.5 Å². The summed E-state index contributed by atoms with van der Waals surface area (Å²) in [5, 5.41) is 6.01. The van der Waals surface area contributed by atoms with Crippen molar-refractivity contribution < 1.29 is 0 Å². The molecule has 1 aliphatic heterocycles. The van der Waals surface area contributed by atoms with E-state index in [-0.39, 0.29) is 0 Å². The Morgan fingerprint density at radius 2 is 1.95 bits per heavy atom. The average molecular weight is 263 g/mol. The van der Waals surface area contributed by atoms with E-state index in [0.717, 1.165) is 18.1 Å². The lowest BCUT2D eigenvalue weighted by molar-refractivity contribution is 0.613. The van der Waals surface area contributed by atoms with E-state index >= 15 is 0 Å². The Morgan fingerprint density at radius 3 is 2.80 bits per heavy atom. The Morgan fingerprint density at radius 1 is 1.05 bits per heavy atom. The van der Waals surface area contributed by atoms with Gasteiger partial charge in [-0.1, -0.05) is 36.4 Å². The van der Waals surface area contributed by atoms with Gasteiger partial charge in [-0.3, -0.25) is 0 Å². The summed E-state index contributed by atoms with van der Waals surface area (Å²) in [6.45, 7) is 1.09. The maximum absolute atomic E-state index is 4.54. The molecule has 3 nitrogen and oxygen atoms in total. The molecule has 0 amide bonds. The molecule has 2 heterocycles. The Balaban J connectivity index is 1.71. The standard InChI is InChI=1S/C17H17N3/c1-2-5-13-10-14(8-7-12(13)4-1)16-11-19-17(20-16)15-6-3-9-18-15/h1-2,4-5,7-8,10-11,15,18H,3,6,9H2,(H,19,20)/t15-/m0/s1. The minimum Gasteiger partial charge on any atom is -0.341 e. The smallest absolute Gasteiger partial charge is 0.123 e. The summed E-state index contributed by atoms with van der Waals surface area (Å²) in [6.07, 6.45) is 4.35. The van der Waals surface area contributed by atoms with Crippen LogP contribution < -0.4 is 5.32 Å². The van der Waals surface area contributed by atoms with Crippen molar-refractivity contribution in [2.45, 2.75) is 18.9 Å². The molecule has 0 radical (unpaired) electrons. The molecule has 20 heavy (non-hydrogen) atoms. The van der Waals surface area contributed by atoms with Crippen molar-refractivity contribution in [2.75, 3.05) is 6.54 Å². The fraction of sp³-hybridized carbons (Fsp3) is 0.235. The van der Waals surface area contributed by atoms with Gasteiger partial charge in [-0.2, -0.15) is 0 Å². The first-order valence-corrected chi connectivity index (χ1v) is 7.18. The van der Waals surface area contributed by atoms with E-state index in [1.807, 2.05) is 6.20 Å². The summed E-state index contributed by atoms with van der Waals surface area (Å²) >= 11 is 0. The number of nitrogens with one attached hydrogen (secondary N) is 2. The second-order valence-electron chi connectivity index (χ2n) is 5.39. The number of imidazole rings is 1. The third-order valence-electron chi connectivity index (χ3n) is 4.05. The molecule has 0 aliphatic carbocycles.